The van der Waals surface area contributed by atoms with E-state index >= 15 is 0 Å². The number of aryl methyl sites for hydroxylation is 1. The fraction of sp³-hybridized carbons (Fsp3) is 0.429. The van der Waals surface area contributed by atoms with E-state index in [-0.39, 0.29) is 12.1 Å². The molecule has 1 unspecified atom stereocenters. The molecule has 0 radical (unpaired) electrons. The van der Waals surface area contributed by atoms with Crippen molar-refractivity contribution in [3.63, 3.8) is 0 Å². The molecule has 2 rings (SSSR count). The molecule has 2 heterocycles. The highest BCUT2D eigenvalue weighted by atomic mass is 16.5. The van der Waals surface area contributed by atoms with Gasteiger partial charge in [-0.25, -0.2) is 9.31 Å². The van der Waals surface area contributed by atoms with Gasteiger partial charge in [-0.05, 0) is 32.4 Å². The van der Waals surface area contributed by atoms with Gasteiger partial charge in [0.25, 0.3) is 0 Å². The molecule has 5 heteroatoms. The fourth-order valence-corrected chi connectivity index (χ4v) is 2.12. The van der Waals surface area contributed by atoms with Crippen LogP contribution < -0.4 is 0 Å². The van der Waals surface area contributed by atoms with Crippen LogP contribution in [-0.4, -0.2) is 29.3 Å². The van der Waals surface area contributed by atoms with Crippen LogP contribution in [0.3, 0.4) is 0 Å². The fourth-order valence-electron chi connectivity index (χ4n) is 2.12. The molecule has 19 heavy (non-hydrogen) atoms. The second-order valence-electron chi connectivity index (χ2n) is 4.42. The minimum Gasteiger partial charge on any atom is -0.462 e. The number of hydrogen-bond acceptors (Lipinski definition) is 4. The van der Waals surface area contributed by atoms with Crippen LogP contribution in [0.15, 0.2) is 18.5 Å². The summed E-state index contributed by atoms with van der Waals surface area (Å²) in [5, 5.41) is 4.24. The average Bonchev–Trinajstić information content (AvgIpc) is 2.77. The number of carbonyl (C=O) groups is 1. The second kappa shape index (κ2) is 5.40. The highest BCUT2D eigenvalue weighted by Gasteiger charge is 2.21. The van der Waals surface area contributed by atoms with Crippen molar-refractivity contribution in [1.82, 2.24) is 9.61 Å². The zero-order valence-electron chi connectivity index (χ0n) is 11.6. The van der Waals surface area contributed by atoms with E-state index in [1.807, 2.05) is 26.1 Å². The lowest BCUT2D eigenvalue weighted by atomic mass is 10.0. The molecule has 0 aliphatic heterocycles. The summed E-state index contributed by atoms with van der Waals surface area (Å²) in [6.45, 7) is 6.01. The molecule has 0 spiro atoms. The minimum atomic E-state index is -0.366. The SMILES string of the molecule is CCOC(=O)c1cnn2cc(C)cc2c1C(C)OC. The van der Waals surface area contributed by atoms with Crippen molar-refractivity contribution in [2.75, 3.05) is 13.7 Å². The van der Waals surface area contributed by atoms with E-state index in [9.17, 15) is 4.79 Å². The first-order valence-corrected chi connectivity index (χ1v) is 6.26. The molecule has 0 aliphatic rings. The number of esters is 1. The molecule has 102 valence electrons. The van der Waals surface area contributed by atoms with E-state index in [2.05, 4.69) is 5.10 Å². The number of nitrogens with zero attached hydrogens (tertiary/aromatic N) is 2. The van der Waals surface area contributed by atoms with Crippen LogP contribution in [0.5, 0.6) is 0 Å². The molecule has 0 amide bonds. The normalized spacial score (nSPS) is 12.6. The Labute approximate surface area is 112 Å². The van der Waals surface area contributed by atoms with E-state index in [0.29, 0.717) is 12.2 Å². The summed E-state index contributed by atoms with van der Waals surface area (Å²) in [4.78, 5) is 12.0. The molecule has 0 saturated carbocycles. The van der Waals surface area contributed by atoms with Crippen molar-refractivity contribution in [2.24, 2.45) is 0 Å². The predicted molar refractivity (Wildman–Crippen MR) is 71.3 cm³/mol. The third-order valence-corrected chi connectivity index (χ3v) is 3.07. The van der Waals surface area contributed by atoms with Crippen molar-refractivity contribution >= 4 is 11.5 Å². The standard InChI is InChI=1S/C14H18N2O3/c1-5-19-14(17)11-7-15-16-8-9(2)6-12(16)13(11)10(3)18-4/h6-8,10H,5H2,1-4H3. The number of ether oxygens (including phenoxy) is 2. The summed E-state index contributed by atoms with van der Waals surface area (Å²) in [7, 11) is 1.62. The lowest BCUT2D eigenvalue weighted by Crippen LogP contribution is -2.13. The molecule has 5 nitrogen and oxygen atoms in total. The van der Waals surface area contributed by atoms with Gasteiger partial charge in [-0.15, -0.1) is 0 Å². The van der Waals surface area contributed by atoms with Gasteiger partial charge in [0.2, 0.25) is 0 Å². The van der Waals surface area contributed by atoms with Crippen molar-refractivity contribution < 1.29 is 14.3 Å². The van der Waals surface area contributed by atoms with Crippen LogP contribution in [0.1, 0.15) is 41.4 Å². The summed E-state index contributed by atoms with van der Waals surface area (Å²) in [5.41, 5.74) is 3.22. The lowest BCUT2D eigenvalue weighted by molar-refractivity contribution is 0.0515. The summed E-state index contributed by atoms with van der Waals surface area (Å²) < 4.78 is 12.2. The number of aromatic nitrogens is 2. The molecule has 0 N–H and O–H groups in total. The first-order chi connectivity index (χ1) is 9.08. The van der Waals surface area contributed by atoms with Gasteiger partial charge in [-0.2, -0.15) is 5.10 Å². The smallest absolute Gasteiger partial charge is 0.340 e. The molecule has 0 fully saturated rings. The summed E-state index contributed by atoms with van der Waals surface area (Å²) in [6, 6.07) is 1.99. The third kappa shape index (κ3) is 2.46. The van der Waals surface area contributed by atoms with E-state index in [0.717, 1.165) is 16.6 Å². The lowest BCUT2D eigenvalue weighted by Gasteiger charge is -2.15. The zero-order chi connectivity index (χ0) is 14.0. The molecular formula is C14H18N2O3. The Morgan fingerprint density at radius 1 is 1.53 bits per heavy atom. The molecule has 0 saturated heterocycles. The second-order valence-corrected chi connectivity index (χ2v) is 4.42. The Kier molecular flexibility index (Phi) is 3.85. The maximum absolute atomic E-state index is 12.0. The number of fused-ring (bicyclic) bond motifs is 1. The molecule has 0 aliphatic carbocycles. The van der Waals surface area contributed by atoms with Crippen molar-refractivity contribution in [3.8, 4) is 0 Å². The van der Waals surface area contributed by atoms with E-state index < -0.39 is 0 Å². The van der Waals surface area contributed by atoms with E-state index in [1.54, 1.807) is 18.5 Å². The average molecular weight is 262 g/mol. The first kappa shape index (κ1) is 13.5. The predicted octanol–water partition coefficient (Wildman–Crippen LogP) is 2.53. The summed E-state index contributed by atoms with van der Waals surface area (Å²) in [5.74, 6) is -0.366. The van der Waals surface area contributed by atoms with Crippen LogP contribution >= 0.6 is 0 Å². The Bertz CT molecular complexity index is 604. The maximum Gasteiger partial charge on any atom is 0.340 e. The molecule has 1 atom stereocenters. The van der Waals surface area contributed by atoms with Gasteiger partial charge < -0.3 is 9.47 Å². The van der Waals surface area contributed by atoms with Crippen LogP contribution in [0.4, 0.5) is 0 Å². The van der Waals surface area contributed by atoms with E-state index in [4.69, 9.17) is 9.47 Å². The topological polar surface area (TPSA) is 52.8 Å². The van der Waals surface area contributed by atoms with Gasteiger partial charge in [0.15, 0.2) is 0 Å². The zero-order valence-corrected chi connectivity index (χ0v) is 11.6. The van der Waals surface area contributed by atoms with Gasteiger partial charge in [0.05, 0.1) is 30.0 Å². The van der Waals surface area contributed by atoms with Gasteiger partial charge in [0.1, 0.15) is 0 Å². The highest BCUT2D eigenvalue weighted by molar-refractivity contribution is 5.93. The van der Waals surface area contributed by atoms with Crippen LogP contribution in [0, 0.1) is 6.92 Å². The van der Waals surface area contributed by atoms with Gasteiger partial charge >= 0.3 is 5.97 Å². The highest BCUT2D eigenvalue weighted by Crippen LogP contribution is 2.26. The molecule has 2 aromatic rings. The van der Waals surface area contributed by atoms with Crippen molar-refractivity contribution in [2.45, 2.75) is 26.9 Å². The van der Waals surface area contributed by atoms with Crippen LogP contribution in [-0.2, 0) is 9.47 Å². The molecular weight excluding hydrogens is 244 g/mol. The molecule has 0 aromatic carbocycles. The van der Waals surface area contributed by atoms with Gasteiger partial charge in [-0.1, -0.05) is 0 Å². The quantitative estimate of drug-likeness (QED) is 0.794. The number of hydrogen-bond donors (Lipinski definition) is 0. The van der Waals surface area contributed by atoms with Gasteiger partial charge in [0, 0.05) is 18.9 Å². The van der Waals surface area contributed by atoms with Crippen LogP contribution in [0.25, 0.3) is 5.52 Å². The number of rotatable bonds is 4. The Morgan fingerprint density at radius 3 is 2.89 bits per heavy atom. The Balaban J connectivity index is 2.65. The molecule has 2 aromatic heterocycles. The van der Waals surface area contributed by atoms with Gasteiger partial charge in [-0.3, -0.25) is 0 Å². The number of carbonyl (C=O) groups excluding carboxylic acids is 1. The Morgan fingerprint density at radius 2 is 2.26 bits per heavy atom. The van der Waals surface area contributed by atoms with E-state index in [1.165, 1.54) is 6.20 Å². The third-order valence-electron chi connectivity index (χ3n) is 3.07. The maximum atomic E-state index is 12.0. The van der Waals surface area contributed by atoms with Crippen molar-refractivity contribution in [3.05, 3.63) is 35.2 Å². The Hall–Kier alpha value is -1.88. The largest absolute Gasteiger partial charge is 0.462 e. The summed E-state index contributed by atoms with van der Waals surface area (Å²) in [6.07, 6.45) is 3.24. The first-order valence-electron chi connectivity index (χ1n) is 6.26. The summed E-state index contributed by atoms with van der Waals surface area (Å²) >= 11 is 0. The van der Waals surface area contributed by atoms with Crippen LogP contribution in [0.2, 0.25) is 0 Å². The monoisotopic (exact) mass is 262 g/mol. The number of methoxy groups -OCH3 is 1. The minimum absolute atomic E-state index is 0.209. The molecule has 0 bridgehead atoms. The van der Waals surface area contributed by atoms with Crippen molar-refractivity contribution in [1.29, 1.82) is 0 Å².